The van der Waals surface area contributed by atoms with Gasteiger partial charge in [0.15, 0.2) is 0 Å². The highest BCUT2D eigenvalue weighted by molar-refractivity contribution is 5.89. The summed E-state index contributed by atoms with van der Waals surface area (Å²) in [5, 5.41) is 1.20. The Morgan fingerprint density at radius 3 is 2.42 bits per heavy atom. The van der Waals surface area contributed by atoms with E-state index in [0.717, 1.165) is 28.2 Å². The highest BCUT2D eigenvalue weighted by Gasteiger charge is 2.07. The van der Waals surface area contributed by atoms with Crippen molar-refractivity contribution in [3.8, 4) is 22.4 Å². The third kappa shape index (κ3) is 2.58. The maximum atomic E-state index is 4.47. The highest BCUT2D eigenvalue weighted by Crippen LogP contribution is 2.29. The molecule has 0 bridgehead atoms. The zero-order chi connectivity index (χ0) is 16.7. The number of rotatable bonds is 2. The molecule has 0 amide bonds. The number of aryl methyl sites for hydroxylation is 3. The summed E-state index contributed by atoms with van der Waals surface area (Å²) in [6.07, 6.45) is 3.79. The zero-order valence-electron chi connectivity index (χ0n) is 14.1. The zero-order valence-corrected chi connectivity index (χ0v) is 14.1. The summed E-state index contributed by atoms with van der Waals surface area (Å²) in [7, 11) is 0. The van der Waals surface area contributed by atoms with Gasteiger partial charge < -0.3 is 4.98 Å². The van der Waals surface area contributed by atoms with E-state index in [-0.39, 0.29) is 0 Å². The number of aromatic nitrogens is 3. The first-order valence-electron chi connectivity index (χ1n) is 8.09. The Hall–Kier alpha value is -2.94. The molecule has 4 aromatic rings. The molecule has 4 rings (SSSR count). The fraction of sp³-hybridized carbons (Fsp3) is 0.143. The average molecular weight is 313 g/mol. The molecule has 24 heavy (non-hydrogen) atoms. The van der Waals surface area contributed by atoms with Gasteiger partial charge in [-0.1, -0.05) is 6.07 Å². The third-order valence-electron chi connectivity index (χ3n) is 4.50. The van der Waals surface area contributed by atoms with E-state index in [1.54, 1.807) is 0 Å². The second-order valence-electron chi connectivity index (χ2n) is 6.30. The highest BCUT2D eigenvalue weighted by atomic mass is 14.7. The number of benzene rings is 1. The van der Waals surface area contributed by atoms with Crippen LogP contribution >= 0.6 is 0 Å². The van der Waals surface area contributed by atoms with Gasteiger partial charge in [0.1, 0.15) is 0 Å². The van der Waals surface area contributed by atoms with Gasteiger partial charge in [-0.25, -0.2) is 0 Å². The quantitative estimate of drug-likeness (QED) is 0.551. The first-order valence-corrected chi connectivity index (χ1v) is 8.09. The molecule has 0 aliphatic rings. The Bertz CT molecular complexity index is 1040. The normalized spacial score (nSPS) is 11.1. The molecular weight excluding hydrogens is 294 g/mol. The Labute approximate surface area is 141 Å². The van der Waals surface area contributed by atoms with Crippen LogP contribution in [0.4, 0.5) is 0 Å². The SMILES string of the molecule is Cc1cc(-c2ccc3[nH]c(-c4cnc(C)c(C)c4)cc3c2)ccn1. The largest absolute Gasteiger partial charge is 0.354 e. The fourth-order valence-corrected chi connectivity index (χ4v) is 2.98. The van der Waals surface area contributed by atoms with Crippen LogP contribution in [0.5, 0.6) is 0 Å². The third-order valence-corrected chi connectivity index (χ3v) is 4.50. The van der Waals surface area contributed by atoms with Gasteiger partial charge in [-0.2, -0.15) is 0 Å². The van der Waals surface area contributed by atoms with E-state index < -0.39 is 0 Å². The van der Waals surface area contributed by atoms with Crippen LogP contribution in [0.3, 0.4) is 0 Å². The second-order valence-corrected chi connectivity index (χ2v) is 6.30. The van der Waals surface area contributed by atoms with E-state index in [9.17, 15) is 0 Å². The van der Waals surface area contributed by atoms with Crippen LogP contribution in [0.15, 0.2) is 54.9 Å². The van der Waals surface area contributed by atoms with Gasteiger partial charge in [-0.05, 0) is 73.9 Å². The molecule has 0 atom stereocenters. The summed E-state index contributed by atoms with van der Waals surface area (Å²) in [6.45, 7) is 6.15. The maximum Gasteiger partial charge on any atom is 0.0480 e. The van der Waals surface area contributed by atoms with Gasteiger partial charge in [-0.3, -0.25) is 9.97 Å². The lowest BCUT2D eigenvalue weighted by Gasteiger charge is -2.02. The smallest absolute Gasteiger partial charge is 0.0480 e. The Morgan fingerprint density at radius 2 is 1.62 bits per heavy atom. The molecule has 3 nitrogen and oxygen atoms in total. The van der Waals surface area contributed by atoms with Crippen molar-refractivity contribution in [1.82, 2.24) is 15.0 Å². The molecule has 0 radical (unpaired) electrons. The van der Waals surface area contributed by atoms with Gasteiger partial charge in [-0.15, -0.1) is 0 Å². The molecule has 1 aromatic carbocycles. The van der Waals surface area contributed by atoms with Crippen LogP contribution in [0.1, 0.15) is 17.0 Å². The van der Waals surface area contributed by atoms with Gasteiger partial charge in [0, 0.05) is 45.9 Å². The van der Waals surface area contributed by atoms with E-state index in [2.05, 4.69) is 64.3 Å². The lowest BCUT2D eigenvalue weighted by molar-refractivity contribution is 1.15. The molecule has 3 heterocycles. The molecule has 0 saturated carbocycles. The molecule has 0 aliphatic carbocycles. The Morgan fingerprint density at radius 1 is 0.792 bits per heavy atom. The van der Waals surface area contributed by atoms with Crippen LogP contribution in [0.25, 0.3) is 33.3 Å². The first kappa shape index (κ1) is 14.6. The molecule has 0 aliphatic heterocycles. The predicted molar refractivity (Wildman–Crippen MR) is 99.0 cm³/mol. The number of hydrogen-bond acceptors (Lipinski definition) is 2. The van der Waals surface area contributed by atoms with Crippen LogP contribution in [-0.2, 0) is 0 Å². The van der Waals surface area contributed by atoms with Gasteiger partial charge in [0.2, 0.25) is 0 Å². The van der Waals surface area contributed by atoms with E-state index in [4.69, 9.17) is 0 Å². The molecule has 0 unspecified atom stereocenters. The van der Waals surface area contributed by atoms with E-state index >= 15 is 0 Å². The monoisotopic (exact) mass is 313 g/mol. The van der Waals surface area contributed by atoms with Gasteiger partial charge in [0.05, 0.1) is 0 Å². The molecule has 1 N–H and O–H groups in total. The van der Waals surface area contributed by atoms with Gasteiger partial charge >= 0.3 is 0 Å². The van der Waals surface area contributed by atoms with Crippen molar-refractivity contribution in [1.29, 1.82) is 0 Å². The minimum Gasteiger partial charge on any atom is -0.354 e. The van der Waals surface area contributed by atoms with E-state index in [1.165, 1.54) is 22.1 Å². The first-order chi connectivity index (χ1) is 11.6. The van der Waals surface area contributed by atoms with Crippen molar-refractivity contribution in [3.63, 3.8) is 0 Å². The fourth-order valence-electron chi connectivity index (χ4n) is 2.98. The molecule has 118 valence electrons. The van der Waals surface area contributed by atoms with Crippen LogP contribution < -0.4 is 0 Å². The summed E-state index contributed by atoms with van der Waals surface area (Å²) in [4.78, 5) is 12.2. The number of nitrogens with zero attached hydrogens (tertiary/aromatic N) is 2. The van der Waals surface area contributed by atoms with Crippen molar-refractivity contribution in [2.75, 3.05) is 0 Å². The van der Waals surface area contributed by atoms with Crippen molar-refractivity contribution < 1.29 is 0 Å². The number of nitrogens with one attached hydrogen (secondary N) is 1. The predicted octanol–water partition coefficient (Wildman–Crippen LogP) is 5.22. The minimum absolute atomic E-state index is 1.03. The standard InChI is InChI=1S/C21H19N3/c1-13-8-19(12-23-15(13)3)21-11-18-10-16(4-5-20(18)24-21)17-6-7-22-14(2)9-17/h4-12,24H,1-3H3. The van der Waals surface area contributed by atoms with E-state index in [0.29, 0.717) is 0 Å². The topological polar surface area (TPSA) is 41.6 Å². The number of pyridine rings is 2. The van der Waals surface area contributed by atoms with Crippen molar-refractivity contribution in [2.45, 2.75) is 20.8 Å². The summed E-state index contributed by atoms with van der Waals surface area (Å²) in [5.41, 5.74) is 9.07. The number of H-pyrrole nitrogens is 1. The minimum atomic E-state index is 1.03. The van der Waals surface area contributed by atoms with Crippen molar-refractivity contribution in [3.05, 3.63) is 71.8 Å². The van der Waals surface area contributed by atoms with Crippen LogP contribution in [-0.4, -0.2) is 15.0 Å². The number of fused-ring (bicyclic) bond motifs is 1. The molecular formula is C21H19N3. The Kier molecular flexibility index (Phi) is 3.42. The van der Waals surface area contributed by atoms with Crippen molar-refractivity contribution in [2.24, 2.45) is 0 Å². The van der Waals surface area contributed by atoms with E-state index in [1.807, 2.05) is 26.2 Å². The average Bonchev–Trinajstić information content (AvgIpc) is 3.00. The Balaban J connectivity index is 1.80. The lowest BCUT2D eigenvalue weighted by atomic mass is 10.0. The van der Waals surface area contributed by atoms with Gasteiger partial charge in [0.25, 0.3) is 0 Å². The van der Waals surface area contributed by atoms with Crippen LogP contribution in [0.2, 0.25) is 0 Å². The van der Waals surface area contributed by atoms with Crippen LogP contribution in [0, 0.1) is 20.8 Å². The molecule has 0 spiro atoms. The summed E-state index contributed by atoms with van der Waals surface area (Å²) in [5.74, 6) is 0. The molecule has 0 saturated heterocycles. The molecule has 0 fully saturated rings. The van der Waals surface area contributed by atoms with Crippen molar-refractivity contribution >= 4 is 10.9 Å². The summed E-state index contributed by atoms with van der Waals surface area (Å²) in [6, 6.07) is 15.0. The number of hydrogen-bond donors (Lipinski definition) is 1. The maximum absolute atomic E-state index is 4.47. The number of aromatic amines is 1. The lowest BCUT2D eigenvalue weighted by Crippen LogP contribution is -1.87. The summed E-state index contributed by atoms with van der Waals surface area (Å²) >= 11 is 0. The second kappa shape index (κ2) is 5.60. The molecule has 3 aromatic heterocycles. The summed E-state index contributed by atoms with van der Waals surface area (Å²) < 4.78 is 0. The molecule has 3 heteroatoms.